The van der Waals surface area contributed by atoms with Crippen molar-refractivity contribution in [3.63, 3.8) is 0 Å². The van der Waals surface area contributed by atoms with Gasteiger partial charge in [-0.3, -0.25) is 4.79 Å². The summed E-state index contributed by atoms with van der Waals surface area (Å²) in [7, 11) is 0. The van der Waals surface area contributed by atoms with E-state index in [4.69, 9.17) is 10.5 Å². The molecule has 0 aliphatic carbocycles. The molecule has 0 radical (unpaired) electrons. The Morgan fingerprint density at radius 1 is 1.29 bits per heavy atom. The topological polar surface area (TPSA) is 80.0 Å². The largest absolute Gasteiger partial charge is 0.376 e. The van der Waals surface area contributed by atoms with E-state index in [9.17, 15) is 4.79 Å². The quantitative estimate of drug-likeness (QED) is 0.637. The highest BCUT2D eigenvalue weighted by Crippen LogP contribution is 2.21. The fourth-order valence-corrected chi connectivity index (χ4v) is 3.12. The van der Waals surface area contributed by atoms with E-state index in [-0.39, 0.29) is 12.0 Å². The molecule has 0 spiro atoms. The second-order valence-corrected chi connectivity index (χ2v) is 6.39. The number of nitrogens with two attached hydrogens (primary N) is 1. The van der Waals surface area contributed by atoms with Crippen LogP contribution in [0.3, 0.4) is 0 Å². The molecule has 1 atom stereocenters. The van der Waals surface area contributed by atoms with Crippen LogP contribution in [0.25, 0.3) is 0 Å². The number of hydrogen-bond acceptors (Lipinski definition) is 3. The monoisotopic (exact) mass is 330 g/mol. The Labute approximate surface area is 143 Å². The van der Waals surface area contributed by atoms with Crippen LogP contribution in [0, 0.1) is 0 Å². The lowest BCUT2D eigenvalue weighted by atomic mass is 10.1. The number of amides is 1. The number of aliphatic imine (C=N–C) groups is 1. The molecule has 3 rings (SSSR count). The minimum absolute atomic E-state index is 0.217. The van der Waals surface area contributed by atoms with Gasteiger partial charge in [0.1, 0.15) is 0 Å². The Kier molecular flexibility index (Phi) is 5.69. The maximum absolute atomic E-state index is 11.9. The number of nitrogens with zero attached hydrogens (tertiary/aromatic N) is 2. The minimum Gasteiger partial charge on any atom is -0.376 e. The molecule has 130 valence electrons. The molecule has 2 fully saturated rings. The standard InChI is InChI=1S/C18H26N4O2/c19-18(21-13-16-4-3-11-24-16)20-12-14-6-8-15(9-7-14)22-10-2-1-5-17(22)23/h6-9,16H,1-5,10-13H2,(H3,19,20,21). The number of nitrogens with one attached hydrogen (secondary N) is 1. The number of rotatable bonds is 5. The SMILES string of the molecule is NC(=NCc1ccc(N2CCCCC2=O)cc1)NCC1CCCO1. The Bertz CT molecular complexity index is 579. The lowest BCUT2D eigenvalue weighted by molar-refractivity contribution is -0.119. The third-order valence-electron chi connectivity index (χ3n) is 4.54. The summed E-state index contributed by atoms with van der Waals surface area (Å²) in [6, 6.07) is 8.00. The number of benzene rings is 1. The first-order valence-electron chi connectivity index (χ1n) is 8.77. The van der Waals surface area contributed by atoms with Gasteiger partial charge in [-0.1, -0.05) is 12.1 Å². The first-order valence-corrected chi connectivity index (χ1v) is 8.77. The third kappa shape index (κ3) is 4.47. The van der Waals surface area contributed by atoms with Crippen molar-refractivity contribution in [2.45, 2.75) is 44.8 Å². The highest BCUT2D eigenvalue weighted by molar-refractivity contribution is 5.93. The van der Waals surface area contributed by atoms with Gasteiger partial charge in [-0.25, -0.2) is 4.99 Å². The number of carbonyl (C=O) groups excluding carboxylic acids is 1. The highest BCUT2D eigenvalue weighted by atomic mass is 16.5. The van der Waals surface area contributed by atoms with Crippen molar-refractivity contribution < 1.29 is 9.53 Å². The van der Waals surface area contributed by atoms with Gasteiger partial charge in [0.25, 0.3) is 0 Å². The van der Waals surface area contributed by atoms with Crippen LogP contribution in [0.1, 0.15) is 37.7 Å². The van der Waals surface area contributed by atoms with Gasteiger partial charge in [0.2, 0.25) is 5.91 Å². The fourth-order valence-electron chi connectivity index (χ4n) is 3.12. The molecule has 0 saturated carbocycles. The Morgan fingerprint density at radius 2 is 2.12 bits per heavy atom. The molecule has 24 heavy (non-hydrogen) atoms. The average Bonchev–Trinajstić information content (AvgIpc) is 3.13. The summed E-state index contributed by atoms with van der Waals surface area (Å²) in [5.41, 5.74) is 7.94. The summed E-state index contributed by atoms with van der Waals surface area (Å²) in [5, 5.41) is 3.11. The molecule has 2 saturated heterocycles. The fraction of sp³-hybridized carbons (Fsp3) is 0.556. The maximum atomic E-state index is 11.9. The predicted molar refractivity (Wildman–Crippen MR) is 94.9 cm³/mol. The van der Waals surface area contributed by atoms with Crippen molar-refractivity contribution in [1.82, 2.24) is 5.32 Å². The van der Waals surface area contributed by atoms with Gasteiger partial charge in [-0.2, -0.15) is 0 Å². The number of carbonyl (C=O) groups is 1. The van der Waals surface area contributed by atoms with Crippen LogP contribution in [0.5, 0.6) is 0 Å². The maximum Gasteiger partial charge on any atom is 0.226 e. The van der Waals surface area contributed by atoms with E-state index in [0.717, 1.165) is 50.1 Å². The smallest absolute Gasteiger partial charge is 0.226 e. The normalized spacial score (nSPS) is 22.0. The van der Waals surface area contributed by atoms with E-state index in [0.29, 0.717) is 25.5 Å². The van der Waals surface area contributed by atoms with Crippen LogP contribution in [0.15, 0.2) is 29.3 Å². The number of piperidine rings is 1. The summed E-state index contributed by atoms with van der Waals surface area (Å²) >= 11 is 0. The van der Waals surface area contributed by atoms with E-state index in [1.165, 1.54) is 0 Å². The summed E-state index contributed by atoms with van der Waals surface area (Å²) in [4.78, 5) is 18.2. The number of hydrogen-bond donors (Lipinski definition) is 2. The van der Waals surface area contributed by atoms with Gasteiger partial charge in [-0.05, 0) is 43.4 Å². The molecule has 0 aromatic heterocycles. The zero-order valence-corrected chi connectivity index (χ0v) is 14.0. The molecule has 0 bridgehead atoms. The van der Waals surface area contributed by atoms with Gasteiger partial charge in [-0.15, -0.1) is 0 Å². The molecular formula is C18H26N4O2. The number of anilines is 1. The van der Waals surface area contributed by atoms with Crippen molar-refractivity contribution in [3.05, 3.63) is 29.8 Å². The van der Waals surface area contributed by atoms with E-state index >= 15 is 0 Å². The van der Waals surface area contributed by atoms with E-state index in [1.54, 1.807) is 0 Å². The highest BCUT2D eigenvalue weighted by Gasteiger charge is 2.19. The summed E-state index contributed by atoms with van der Waals surface area (Å²) in [6.07, 6.45) is 5.18. The van der Waals surface area contributed by atoms with Crippen LogP contribution < -0.4 is 16.0 Å². The van der Waals surface area contributed by atoms with Crippen LogP contribution in [-0.4, -0.2) is 37.7 Å². The molecule has 6 nitrogen and oxygen atoms in total. The van der Waals surface area contributed by atoms with Crippen LogP contribution in [-0.2, 0) is 16.1 Å². The van der Waals surface area contributed by atoms with Gasteiger partial charge >= 0.3 is 0 Å². The summed E-state index contributed by atoms with van der Waals surface area (Å²) in [6.45, 7) is 2.90. The van der Waals surface area contributed by atoms with Crippen LogP contribution >= 0.6 is 0 Å². The van der Waals surface area contributed by atoms with Crippen molar-refractivity contribution >= 4 is 17.6 Å². The molecule has 2 heterocycles. The second-order valence-electron chi connectivity index (χ2n) is 6.39. The number of guanidine groups is 1. The molecule has 1 unspecified atom stereocenters. The van der Waals surface area contributed by atoms with Crippen LogP contribution in [0.4, 0.5) is 5.69 Å². The van der Waals surface area contributed by atoms with E-state index in [2.05, 4.69) is 10.3 Å². The molecule has 1 aromatic carbocycles. The summed E-state index contributed by atoms with van der Waals surface area (Å²) in [5.74, 6) is 0.662. The second kappa shape index (κ2) is 8.15. The Hall–Kier alpha value is -2.08. The molecular weight excluding hydrogens is 304 g/mol. The zero-order valence-electron chi connectivity index (χ0n) is 14.0. The van der Waals surface area contributed by atoms with Crippen molar-refractivity contribution in [2.75, 3.05) is 24.6 Å². The molecule has 1 amide bonds. The average molecular weight is 330 g/mol. The molecule has 1 aromatic rings. The lowest BCUT2D eigenvalue weighted by Gasteiger charge is -2.26. The zero-order chi connectivity index (χ0) is 16.8. The predicted octanol–water partition coefficient (Wildman–Crippen LogP) is 1.79. The number of ether oxygens (including phenoxy) is 1. The van der Waals surface area contributed by atoms with E-state index in [1.807, 2.05) is 29.2 Å². The van der Waals surface area contributed by atoms with Crippen molar-refractivity contribution in [1.29, 1.82) is 0 Å². The third-order valence-corrected chi connectivity index (χ3v) is 4.54. The van der Waals surface area contributed by atoms with Crippen molar-refractivity contribution in [2.24, 2.45) is 10.7 Å². The van der Waals surface area contributed by atoms with Crippen molar-refractivity contribution in [3.8, 4) is 0 Å². The first kappa shape index (κ1) is 16.8. The Morgan fingerprint density at radius 3 is 2.83 bits per heavy atom. The van der Waals surface area contributed by atoms with Gasteiger partial charge in [0, 0.05) is 31.8 Å². The minimum atomic E-state index is 0.217. The van der Waals surface area contributed by atoms with Gasteiger partial charge in [0.15, 0.2) is 5.96 Å². The molecule has 2 aliphatic heterocycles. The lowest BCUT2D eigenvalue weighted by Crippen LogP contribution is -2.37. The Balaban J connectivity index is 1.49. The molecule has 6 heteroatoms. The van der Waals surface area contributed by atoms with Crippen LogP contribution in [0.2, 0.25) is 0 Å². The summed E-state index contributed by atoms with van der Waals surface area (Å²) < 4.78 is 5.54. The van der Waals surface area contributed by atoms with E-state index < -0.39 is 0 Å². The first-order chi connectivity index (χ1) is 11.7. The van der Waals surface area contributed by atoms with Gasteiger partial charge in [0.05, 0.1) is 12.6 Å². The molecule has 2 aliphatic rings. The molecule has 3 N–H and O–H groups in total. The van der Waals surface area contributed by atoms with Gasteiger partial charge < -0.3 is 20.7 Å².